The molecule has 1 nitrogen and oxygen atoms in total. The van der Waals surface area contributed by atoms with Crippen LogP contribution in [0.3, 0.4) is 0 Å². The molecule has 0 aliphatic carbocycles. The summed E-state index contributed by atoms with van der Waals surface area (Å²) in [5.74, 6) is 0. The van der Waals surface area contributed by atoms with Crippen molar-refractivity contribution in [2.24, 2.45) is 0 Å². The summed E-state index contributed by atoms with van der Waals surface area (Å²) in [6.07, 6.45) is 1.05. The van der Waals surface area contributed by atoms with Gasteiger partial charge in [0, 0.05) is 0 Å². The standard InChI is InChI=1S/C11H16O.C2H6/c1-4-9-5-7-10(8-6-9)11(2,3)12;1-2/h5-8,12H,4H2,1-3H3;1-2H3. The Morgan fingerprint density at radius 2 is 1.50 bits per heavy atom. The smallest absolute Gasteiger partial charge is 0.0840 e. The molecule has 1 N–H and O–H groups in total. The molecule has 0 atom stereocenters. The lowest BCUT2D eigenvalue weighted by Gasteiger charge is -2.17. The molecule has 80 valence electrons. The number of benzene rings is 1. The first-order valence-electron chi connectivity index (χ1n) is 5.36. The normalized spacial score (nSPS) is 10.4. The summed E-state index contributed by atoms with van der Waals surface area (Å²) >= 11 is 0. The molecule has 1 aromatic carbocycles. The zero-order chi connectivity index (χ0) is 11.2. The van der Waals surface area contributed by atoms with E-state index in [-0.39, 0.29) is 0 Å². The molecule has 1 heteroatoms. The molecule has 0 spiro atoms. The minimum atomic E-state index is -0.716. The fourth-order valence-electron chi connectivity index (χ4n) is 1.15. The summed E-state index contributed by atoms with van der Waals surface area (Å²) in [4.78, 5) is 0. The third kappa shape index (κ3) is 3.93. The van der Waals surface area contributed by atoms with Crippen molar-refractivity contribution in [3.63, 3.8) is 0 Å². The van der Waals surface area contributed by atoms with E-state index in [2.05, 4.69) is 19.1 Å². The van der Waals surface area contributed by atoms with Gasteiger partial charge in [-0.15, -0.1) is 0 Å². The second kappa shape index (κ2) is 5.82. The number of hydrogen-bond donors (Lipinski definition) is 1. The molecule has 0 unspecified atom stereocenters. The van der Waals surface area contributed by atoms with E-state index < -0.39 is 5.60 Å². The lowest BCUT2D eigenvalue weighted by atomic mass is 9.97. The summed E-state index contributed by atoms with van der Waals surface area (Å²) < 4.78 is 0. The van der Waals surface area contributed by atoms with Crippen LogP contribution in [0.5, 0.6) is 0 Å². The number of hydrogen-bond acceptors (Lipinski definition) is 1. The van der Waals surface area contributed by atoms with Gasteiger partial charge >= 0.3 is 0 Å². The highest BCUT2D eigenvalue weighted by atomic mass is 16.3. The maximum Gasteiger partial charge on any atom is 0.0840 e. The highest BCUT2D eigenvalue weighted by Crippen LogP contribution is 2.19. The third-order valence-electron chi connectivity index (χ3n) is 2.07. The molecule has 0 saturated carbocycles. The monoisotopic (exact) mass is 194 g/mol. The molecule has 0 bridgehead atoms. The topological polar surface area (TPSA) is 20.2 Å². The minimum Gasteiger partial charge on any atom is -0.386 e. The maximum atomic E-state index is 9.65. The van der Waals surface area contributed by atoms with Gasteiger partial charge < -0.3 is 5.11 Å². The van der Waals surface area contributed by atoms with Crippen LogP contribution in [0, 0.1) is 0 Å². The van der Waals surface area contributed by atoms with Crippen molar-refractivity contribution in [3.8, 4) is 0 Å². The van der Waals surface area contributed by atoms with E-state index in [9.17, 15) is 5.11 Å². The molecule has 0 aliphatic rings. The van der Waals surface area contributed by atoms with E-state index in [0.29, 0.717) is 0 Å². The Bertz CT molecular complexity index is 241. The largest absolute Gasteiger partial charge is 0.386 e. The highest BCUT2D eigenvalue weighted by molar-refractivity contribution is 5.26. The fourth-order valence-corrected chi connectivity index (χ4v) is 1.15. The van der Waals surface area contributed by atoms with Crippen molar-refractivity contribution >= 4 is 0 Å². The summed E-state index contributed by atoms with van der Waals surface area (Å²) in [6, 6.07) is 8.10. The van der Waals surface area contributed by atoms with Crippen LogP contribution >= 0.6 is 0 Å². The summed E-state index contributed by atoms with van der Waals surface area (Å²) in [6.45, 7) is 9.72. The first-order chi connectivity index (χ1) is 6.54. The number of rotatable bonds is 2. The zero-order valence-electron chi connectivity index (χ0n) is 9.96. The lowest BCUT2D eigenvalue weighted by Crippen LogP contribution is -2.15. The van der Waals surface area contributed by atoms with Gasteiger partial charge in [0.05, 0.1) is 5.60 Å². The second-order valence-electron chi connectivity index (χ2n) is 3.61. The fraction of sp³-hybridized carbons (Fsp3) is 0.538. The van der Waals surface area contributed by atoms with Crippen molar-refractivity contribution in [2.45, 2.75) is 46.6 Å². The van der Waals surface area contributed by atoms with E-state index in [1.807, 2.05) is 26.0 Å². The van der Waals surface area contributed by atoms with Crippen LogP contribution in [0.25, 0.3) is 0 Å². The van der Waals surface area contributed by atoms with Crippen LogP contribution in [0.15, 0.2) is 24.3 Å². The van der Waals surface area contributed by atoms with Crippen molar-refractivity contribution in [1.82, 2.24) is 0 Å². The van der Waals surface area contributed by atoms with Gasteiger partial charge in [-0.05, 0) is 31.4 Å². The molecule has 0 saturated heterocycles. The van der Waals surface area contributed by atoms with Crippen molar-refractivity contribution in [2.75, 3.05) is 0 Å². The predicted octanol–water partition coefficient (Wildman–Crippen LogP) is 3.50. The average molecular weight is 194 g/mol. The number of aryl methyl sites for hydroxylation is 1. The Labute approximate surface area is 87.8 Å². The summed E-state index contributed by atoms with van der Waals surface area (Å²) in [5, 5.41) is 9.65. The van der Waals surface area contributed by atoms with Crippen molar-refractivity contribution in [3.05, 3.63) is 35.4 Å². The number of aliphatic hydroxyl groups is 1. The highest BCUT2D eigenvalue weighted by Gasteiger charge is 2.14. The third-order valence-corrected chi connectivity index (χ3v) is 2.07. The Kier molecular flexibility index (Phi) is 5.47. The lowest BCUT2D eigenvalue weighted by molar-refractivity contribution is 0.0786. The summed E-state index contributed by atoms with van der Waals surface area (Å²) in [7, 11) is 0. The quantitative estimate of drug-likeness (QED) is 0.764. The molecular formula is C13H22O. The SMILES string of the molecule is CC.CCc1ccc(C(C)(C)O)cc1. The van der Waals surface area contributed by atoms with Gasteiger partial charge in [-0.3, -0.25) is 0 Å². The van der Waals surface area contributed by atoms with Crippen LogP contribution in [-0.2, 0) is 12.0 Å². The van der Waals surface area contributed by atoms with Gasteiger partial charge in [-0.25, -0.2) is 0 Å². The van der Waals surface area contributed by atoms with E-state index in [0.717, 1.165) is 12.0 Å². The first-order valence-corrected chi connectivity index (χ1v) is 5.36. The Balaban J connectivity index is 0.000000791. The molecule has 0 aliphatic heterocycles. The molecule has 14 heavy (non-hydrogen) atoms. The minimum absolute atomic E-state index is 0.716. The van der Waals surface area contributed by atoms with Crippen LogP contribution in [0.1, 0.15) is 45.7 Å². The van der Waals surface area contributed by atoms with Crippen LogP contribution in [0.4, 0.5) is 0 Å². The van der Waals surface area contributed by atoms with Crippen molar-refractivity contribution < 1.29 is 5.11 Å². The van der Waals surface area contributed by atoms with Gasteiger partial charge in [0.2, 0.25) is 0 Å². The molecule has 1 aromatic rings. The Hall–Kier alpha value is -0.820. The molecular weight excluding hydrogens is 172 g/mol. The molecule has 0 aromatic heterocycles. The summed E-state index contributed by atoms with van der Waals surface area (Å²) in [5.41, 5.74) is 1.56. The first kappa shape index (κ1) is 13.2. The van der Waals surface area contributed by atoms with E-state index in [1.165, 1.54) is 5.56 Å². The Morgan fingerprint density at radius 1 is 1.07 bits per heavy atom. The molecule has 0 heterocycles. The molecule has 0 fully saturated rings. The van der Waals surface area contributed by atoms with Crippen molar-refractivity contribution in [1.29, 1.82) is 0 Å². The maximum absolute atomic E-state index is 9.65. The van der Waals surface area contributed by atoms with E-state index in [1.54, 1.807) is 13.8 Å². The second-order valence-corrected chi connectivity index (χ2v) is 3.61. The Morgan fingerprint density at radius 3 is 1.79 bits per heavy atom. The van der Waals surface area contributed by atoms with Gasteiger partial charge in [-0.2, -0.15) is 0 Å². The van der Waals surface area contributed by atoms with Gasteiger partial charge in [0.25, 0.3) is 0 Å². The van der Waals surface area contributed by atoms with Crippen LogP contribution < -0.4 is 0 Å². The zero-order valence-corrected chi connectivity index (χ0v) is 9.96. The van der Waals surface area contributed by atoms with Gasteiger partial charge in [0.15, 0.2) is 0 Å². The van der Waals surface area contributed by atoms with Crippen LogP contribution in [0.2, 0.25) is 0 Å². The molecule has 1 rings (SSSR count). The van der Waals surface area contributed by atoms with Gasteiger partial charge in [0.1, 0.15) is 0 Å². The average Bonchev–Trinajstić information content (AvgIpc) is 2.20. The predicted molar refractivity (Wildman–Crippen MR) is 62.4 cm³/mol. The van der Waals surface area contributed by atoms with Crippen LogP contribution in [-0.4, -0.2) is 5.11 Å². The van der Waals surface area contributed by atoms with E-state index >= 15 is 0 Å². The van der Waals surface area contributed by atoms with Gasteiger partial charge in [-0.1, -0.05) is 45.0 Å². The molecule has 0 radical (unpaired) electrons. The molecule has 0 amide bonds. The van der Waals surface area contributed by atoms with E-state index in [4.69, 9.17) is 0 Å².